The number of isocyanates is 1. The molecule has 1 rings (SSSR count). The van der Waals surface area contributed by atoms with Crippen LogP contribution in [0.1, 0.15) is 5.56 Å². The van der Waals surface area contributed by atoms with E-state index in [2.05, 4.69) is 4.99 Å². The highest BCUT2D eigenvalue weighted by atomic mass is 35.5. The molecular formula is C8H5Cl2NO. The maximum Gasteiger partial charge on any atom is 0.240 e. The molecule has 0 amide bonds. The second-order valence-corrected chi connectivity index (χ2v) is 3.05. The number of benzene rings is 1. The van der Waals surface area contributed by atoms with Gasteiger partial charge in [-0.05, 0) is 24.6 Å². The lowest BCUT2D eigenvalue weighted by Crippen LogP contribution is -1.76. The molecule has 0 N–H and O–H groups in total. The molecule has 1 aromatic carbocycles. The van der Waals surface area contributed by atoms with E-state index in [0.29, 0.717) is 15.7 Å². The van der Waals surface area contributed by atoms with Gasteiger partial charge in [0.1, 0.15) is 0 Å². The summed E-state index contributed by atoms with van der Waals surface area (Å²) in [6, 6.07) is 3.18. The van der Waals surface area contributed by atoms with E-state index < -0.39 is 0 Å². The largest absolute Gasteiger partial charge is 0.240 e. The monoisotopic (exact) mass is 201 g/mol. The number of aliphatic imine (C=N–C) groups is 1. The Bertz CT molecular complexity index is 333. The smallest absolute Gasteiger partial charge is 0.211 e. The lowest BCUT2D eigenvalue weighted by molar-refractivity contribution is 0.565. The number of carbonyl (C=O) groups excluding carboxylic acids is 1. The minimum Gasteiger partial charge on any atom is -0.211 e. The lowest BCUT2D eigenvalue weighted by atomic mass is 10.2. The van der Waals surface area contributed by atoms with E-state index in [-0.39, 0.29) is 0 Å². The van der Waals surface area contributed by atoms with E-state index in [4.69, 9.17) is 23.2 Å². The van der Waals surface area contributed by atoms with Gasteiger partial charge in [-0.3, -0.25) is 0 Å². The van der Waals surface area contributed by atoms with Crippen LogP contribution in [0.5, 0.6) is 0 Å². The van der Waals surface area contributed by atoms with Gasteiger partial charge in [0.25, 0.3) is 0 Å². The van der Waals surface area contributed by atoms with Crippen molar-refractivity contribution in [2.75, 3.05) is 0 Å². The summed E-state index contributed by atoms with van der Waals surface area (Å²) in [5, 5.41) is 0.882. The topological polar surface area (TPSA) is 29.4 Å². The molecule has 0 spiro atoms. The van der Waals surface area contributed by atoms with Crippen LogP contribution in [0.3, 0.4) is 0 Å². The van der Waals surface area contributed by atoms with Gasteiger partial charge in [0, 0.05) is 0 Å². The number of rotatable bonds is 1. The van der Waals surface area contributed by atoms with Crippen LogP contribution in [0.4, 0.5) is 5.69 Å². The predicted octanol–water partition coefficient (Wildman–Crippen LogP) is 3.27. The maximum atomic E-state index is 9.91. The standard InChI is InChI=1S/C8H5Cl2NO/c1-5-2-6(11-4-12)3-7(9)8(5)10/h2-3H,1H3. The fourth-order valence-corrected chi connectivity index (χ4v) is 1.20. The first kappa shape index (κ1) is 9.27. The molecule has 0 fully saturated rings. The van der Waals surface area contributed by atoms with Crippen LogP contribution in [-0.2, 0) is 4.79 Å². The van der Waals surface area contributed by atoms with Gasteiger partial charge in [0.15, 0.2) is 0 Å². The summed E-state index contributed by atoms with van der Waals surface area (Å²) in [5.41, 5.74) is 1.26. The predicted molar refractivity (Wildman–Crippen MR) is 49.0 cm³/mol. The van der Waals surface area contributed by atoms with E-state index in [1.165, 1.54) is 12.1 Å². The average molecular weight is 202 g/mol. The van der Waals surface area contributed by atoms with Crippen LogP contribution >= 0.6 is 23.2 Å². The van der Waals surface area contributed by atoms with Crippen molar-refractivity contribution in [2.24, 2.45) is 4.99 Å². The van der Waals surface area contributed by atoms with Gasteiger partial charge < -0.3 is 0 Å². The first-order valence-electron chi connectivity index (χ1n) is 3.18. The van der Waals surface area contributed by atoms with Crippen molar-refractivity contribution in [2.45, 2.75) is 6.92 Å². The van der Waals surface area contributed by atoms with Crippen molar-refractivity contribution in [3.63, 3.8) is 0 Å². The highest BCUT2D eigenvalue weighted by Crippen LogP contribution is 2.30. The molecule has 0 aliphatic rings. The first-order chi connectivity index (χ1) is 5.65. The third-order valence-electron chi connectivity index (χ3n) is 1.37. The molecule has 0 aliphatic carbocycles. The van der Waals surface area contributed by atoms with Gasteiger partial charge in [0.05, 0.1) is 15.7 Å². The highest BCUT2D eigenvalue weighted by molar-refractivity contribution is 6.42. The van der Waals surface area contributed by atoms with Gasteiger partial charge in [0.2, 0.25) is 6.08 Å². The van der Waals surface area contributed by atoms with Crippen molar-refractivity contribution in [1.29, 1.82) is 0 Å². The number of nitrogens with zero attached hydrogens (tertiary/aromatic N) is 1. The second kappa shape index (κ2) is 3.72. The highest BCUT2D eigenvalue weighted by Gasteiger charge is 2.02. The summed E-state index contributed by atoms with van der Waals surface area (Å²) in [5.74, 6) is 0. The maximum absolute atomic E-state index is 9.91. The molecule has 0 aromatic heterocycles. The zero-order chi connectivity index (χ0) is 9.14. The zero-order valence-electron chi connectivity index (χ0n) is 6.27. The molecule has 1 aromatic rings. The van der Waals surface area contributed by atoms with Gasteiger partial charge >= 0.3 is 0 Å². The Balaban J connectivity index is 3.30. The summed E-state index contributed by atoms with van der Waals surface area (Å²) < 4.78 is 0. The molecule has 0 unspecified atom stereocenters. The van der Waals surface area contributed by atoms with Gasteiger partial charge in [-0.1, -0.05) is 23.2 Å². The fourth-order valence-electron chi connectivity index (χ4n) is 0.826. The Morgan fingerprint density at radius 3 is 2.58 bits per heavy atom. The molecule has 12 heavy (non-hydrogen) atoms. The first-order valence-corrected chi connectivity index (χ1v) is 3.94. The molecule has 2 nitrogen and oxygen atoms in total. The molecular weight excluding hydrogens is 197 g/mol. The van der Waals surface area contributed by atoms with Crippen molar-refractivity contribution in [1.82, 2.24) is 0 Å². The van der Waals surface area contributed by atoms with Gasteiger partial charge in [-0.2, -0.15) is 4.99 Å². The Labute approximate surface area is 79.8 Å². The molecule has 0 aliphatic heterocycles. The molecule has 0 heterocycles. The zero-order valence-corrected chi connectivity index (χ0v) is 7.78. The van der Waals surface area contributed by atoms with E-state index in [0.717, 1.165) is 5.56 Å². The number of halogens is 2. The second-order valence-electron chi connectivity index (χ2n) is 2.26. The van der Waals surface area contributed by atoms with Crippen molar-refractivity contribution in [3.05, 3.63) is 27.7 Å². The van der Waals surface area contributed by atoms with Crippen molar-refractivity contribution < 1.29 is 4.79 Å². The minimum absolute atomic E-state index is 0.394. The van der Waals surface area contributed by atoms with Crippen LogP contribution in [-0.4, -0.2) is 6.08 Å². The summed E-state index contributed by atoms with van der Waals surface area (Å²) in [6.07, 6.45) is 1.43. The van der Waals surface area contributed by atoms with E-state index in [9.17, 15) is 4.79 Å². The number of aryl methyl sites for hydroxylation is 1. The van der Waals surface area contributed by atoms with Crippen LogP contribution in [0, 0.1) is 6.92 Å². The third kappa shape index (κ3) is 1.86. The summed E-state index contributed by atoms with van der Waals surface area (Å²) in [6.45, 7) is 1.79. The van der Waals surface area contributed by atoms with Gasteiger partial charge in [-0.25, -0.2) is 4.79 Å². The SMILES string of the molecule is Cc1cc(N=C=O)cc(Cl)c1Cl. The molecule has 0 bridgehead atoms. The number of hydrogen-bond acceptors (Lipinski definition) is 2. The quantitative estimate of drug-likeness (QED) is 0.507. The molecule has 62 valence electrons. The van der Waals surface area contributed by atoms with E-state index in [1.807, 2.05) is 0 Å². The molecule has 0 saturated carbocycles. The molecule has 0 saturated heterocycles. The minimum atomic E-state index is 0.394. The van der Waals surface area contributed by atoms with E-state index in [1.54, 1.807) is 13.0 Å². The van der Waals surface area contributed by atoms with Crippen LogP contribution in [0.25, 0.3) is 0 Å². The normalized spacial score (nSPS) is 9.25. The fraction of sp³-hybridized carbons (Fsp3) is 0.125. The van der Waals surface area contributed by atoms with Crippen molar-refractivity contribution >= 4 is 35.0 Å². The Kier molecular flexibility index (Phi) is 2.88. The Morgan fingerprint density at radius 1 is 1.42 bits per heavy atom. The van der Waals surface area contributed by atoms with Crippen LogP contribution < -0.4 is 0 Å². The van der Waals surface area contributed by atoms with Crippen LogP contribution in [0.2, 0.25) is 10.0 Å². The lowest BCUT2D eigenvalue weighted by Gasteiger charge is -2.00. The van der Waals surface area contributed by atoms with Gasteiger partial charge in [-0.15, -0.1) is 0 Å². The number of hydrogen-bond donors (Lipinski definition) is 0. The Morgan fingerprint density at radius 2 is 2.08 bits per heavy atom. The van der Waals surface area contributed by atoms with E-state index >= 15 is 0 Å². The van der Waals surface area contributed by atoms with Crippen LogP contribution in [0.15, 0.2) is 17.1 Å². The van der Waals surface area contributed by atoms with Crippen molar-refractivity contribution in [3.8, 4) is 0 Å². The average Bonchev–Trinajstić information content (AvgIpc) is 2.01. The summed E-state index contributed by atoms with van der Waals surface area (Å²) >= 11 is 11.5. The Hall–Kier alpha value is -0.820. The molecule has 0 radical (unpaired) electrons. The molecule has 4 heteroatoms. The summed E-state index contributed by atoms with van der Waals surface area (Å²) in [7, 11) is 0. The third-order valence-corrected chi connectivity index (χ3v) is 2.27. The molecule has 0 atom stereocenters. The summed E-state index contributed by atoms with van der Waals surface area (Å²) in [4.78, 5) is 13.3.